The molecule has 15 heteroatoms. The number of amidine groups is 1. The van der Waals surface area contributed by atoms with Crippen LogP contribution in [0, 0.1) is 12.3 Å². The second-order valence-electron chi connectivity index (χ2n) is 8.19. The molecule has 1 atom stereocenters. The third-order valence-corrected chi connectivity index (χ3v) is 6.08. The number of ether oxygens (including phenoxy) is 1. The Labute approximate surface area is 233 Å². The zero-order chi connectivity index (χ0) is 28.3. The molecule has 3 rings (SSSR count). The van der Waals surface area contributed by atoms with E-state index < -0.39 is 38.7 Å². The summed E-state index contributed by atoms with van der Waals surface area (Å²) in [4.78, 5) is 24.8. The fourth-order valence-electron chi connectivity index (χ4n) is 3.54. The maximum absolute atomic E-state index is 13.0. The largest absolute Gasteiger partial charge is 0.464 e. The third-order valence-electron chi connectivity index (χ3n) is 5.26. The number of alkyl halides is 3. The van der Waals surface area contributed by atoms with E-state index in [1.165, 1.54) is 24.3 Å². The van der Waals surface area contributed by atoms with Gasteiger partial charge in [-0.05, 0) is 66.4 Å². The van der Waals surface area contributed by atoms with Crippen LogP contribution < -0.4 is 20.5 Å². The highest BCUT2D eigenvalue weighted by Crippen LogP contribution is 2.31. The highest BCUT2D eigenvalue weighted by Gasteiger charge is 2.26. The Hall–Kier alpha value is -3.03. The zero-order valence-corrected chi connectivity index (χ0v) is 23.2. The molecule has 0 fully saturated rings. The predicted molar refractivity (Wildman–Crippen MR) is 146 cm³/mol. The average molecular weight is 605 g/mol. The second-order valence-corrected chi connectivity index (χ2v) is 12.0. The smallest absolute Gasteiger partial charge is 0.412 e. The number of benzene rings is 2. The first-order chi connectivity index (χ1) is 17.7. The fourth-order valence-corrected chi connectivity index (χ4v) is 4.10. The van der Waals surface area contributed by atoms with Crippen molar-refractivity contribution in [2.24, 2.45) is 5.14 Å². The van der Waals surface area contributed by atoms with Crippen LogP contribution in [0.25, 0.3) is 11.0 Å². The van der Waals surface area contributed by atoms with Gasteiger partial charge in [0.2, 0.25) is 3.79 Å². The summed E-state index contributed by atoms with van der Waals surface area (Å²) in [6.45, 7) is 3.28. The molecule has 204 valence electrons. The van der Waals surface area contributed by atoms with Crippen LogP contribution in [-0.2, 0) is 26.2 Å². The minimum absolute atomic E-state index is 0.289. The Bertz CT molecular complexity index is 1470. The number of rotatable bonds is 8. The van der Waals surface area contributed by atoms with Crippen LogP contribution >= 0.6 is 34.8 Å². The number of carbonyl (C=O) groups excluding carboxylic acids is 2. The first-order valence-corrected chi connectivity index (χ1v) is 13.7. The second kappa shape index (κ2) is 11.8. The first kappa shape index (κ1) is 29.5. The molecular weight excluding hydrogens is 581 g/mol. The van der Waals surface area contributed by atoms with Crippen molar-refractivity contribution in [1.82, 2.24) is 10.0 Å². The minimum Gasteiger partial charge on any atom is -0.464 e. The first-order valence-electron chi connectivity index (χ1n) is 11.0. The summed E-state index contributed by atoms with van der Waals surface area (Å²) < 4.78 is 33.6. The summed E-state index contributed by atoms with van der Waals surface area (Å²) in [6, 6.07) is 8.41. The lowest BCUT2D eigenvalue weighted by Crippen LogP contribution is -2.41. The van der Waals surface area contributed by atoms with Crippen molar-refractivity contribution in [1.29, 1.82) is 5.41 Å². The number of alkyl carbamates (subject to hydrolysis) is 1. The fraction of sp³-hybridized carbons (Fsp3) is 0.261. The number of aryl methyl sites for hydroxylation is 2. The monoisotopic (exact) mass is 603 g/mol. The molecule has 1 unspecified atom stereocenters. The molecule has 2 amide bonds. The number of nitrogens with two attached hydrogens (primary N) is 1. The number of nitrogens with one attached hydrogen (secondary N) is 4. The highest BCUT2D eigenvalue weighted by atomic mass is 35.6. The maximum Gasteiger partial charge on any atom is 0.412 e. The van der Waals surface area contributed by atoms with E-state index in [-0.39, 0.29) is 5.84 Å². The van der Waals surface area contributed by atoms with E-state index >= 15 is 0 Å². The van der Waals surface area contributed by atoms with Gasteiger partial charge in [0.25, 0.3) is 16.1 Å². The number of amides is 2. The Morgan fingerprint density at radius 1 is 1.18 bits per heavy atom. The molecule has 6 N–H and O–H groups in total. The number of carbonyl (C=O) groups is 2. The molecule has 0 spiro atoms. The number of hydrogen-bond donors (Lipinski definition) is 5. The molecule has 0 saturated heterocycles. The Morgan fingerprint density at radius 2 is 1.84 bits per heavy atom. The Balaban J connectivity index is 1.85. The molecule has 0 saturated carbocycles. The molecule has 1 heterocycles. The maximum atomic E-state index is 13.0. The molecule has 0 aliphatic rings. The van der Waals surface area contributed by atoms with Gasteiger partial charge in [0, 0.05) is 16.6 Å². The summed E-state index contributed by atoms with van der Waals surface area (Å²) in [7, 11) is -4.33. The summed E-state index contributed by atoms with van der Waals surface area (Å²) >= 11 is 16.6. The average Bonchev–Trinajstić information content (AvgIpc) is 3.20. The van der Waals surface area contributed by atoms with Crippen molar-refractivity contribution >= 4 is 79.5 Å². The lowest BCUT2D eigenvalue weighted by Gasteiger charge is -2.20. The molecule has 11 nitrogen and oxygen atoms in total. The minimum atomic E-state index is -4.33. The van der Waals surface area contributed by atoms with Crippen molar-refractivity contribution in [3.8, 4) is 0 Å². The van der Waals surface area contributed by atoms with Gasteiger partial charge in [-0.25, -0.2) is 14.7 Å². The number of anilines is 1. The number of halogens is 3. The van der Waals surface area contributed by atoms with E-state index in [9.17, 15) is 18.0 Å². The van der Waals surface area contributed by atoms with E-state index in [4.69, 9.17) is 54.5 Å². The Kier molecular flexibility index (Phi) is 9.16. The van der Waals surface area contributed by atoms with E-state index in [2.05, 4.69) is 10.6 Å². The van der Waals surface area contributed by atoms with Crippen LogP contribution in [0.4, 0.5) is 10.5 Å². The van der Waals surface area contributed by atoms with Gasteiger partial charge in [-0.1, -0.05) is 41.7 Å². The van der Waals surface area contributed by atoms with E-state index in [1.807, 2.05) is 18.6 Å². The van der Waals surface area contributed by atoms with Crippen LogP contribution in [-0.4, -0.2) is 36.7 Å². The van der Waals surface area contributed by atoms with Gasteiger partial charge < -0.3 is 14.5 Å². The summed E-state index contributed by atoms with van der Waals surface area (Å²) in [5, 5.41) is 19.1. The van der Waals surface area contributed by atoms with Gasteiger partial charge >= 0.3 is 6.09 Å². The standard InChI is InChI=1S/C23H24Cl3N5O6S/c1-3-13-8-15(9-17-12(2)10-36-19(13)17)18(21(32)31-38(28,34)35)29-16-6-4-14(5-7-16)20(27)30-22(33)37-11-23(24,25)26/h4-10,18,29H,3,11H2,1-2H3,(H,31,32)(H2,27,30,33)(H2,28,34,35). The van der Waals surface area contributed by atoms with Crippen molar-refractivity contribution in [3.05, 3.63) is 64.9 Å². The molecule has 2 aromatic carbocycles. The predicted octanol–water partition coefficient (Wildman–Crippen LogP) is 4.20. The van der Waals surface area contributed by atoms with Crippen LogP contribution in [0.3, 0.4) is 0 Å². The van der Waals surface area contributed by atoms with E-state index in [0.29, 0.717) is 28.8 Å². The quantitative estimate of drug-likeness (QED) is 0.145. The van der Waals surface area contributed by atoms with Crippen LogP contribution in [0.2, 0.25) is 0 Å². The zero-order valence-electron chi connectivity index (χ0n) is 20.1. The number of hydrogen-bond acceptors (Lipinski definition) is 8. The Morgan fingerprint density at radius 3 is 2.42 bits per heavy atom. The SMILES string of the molecule is CCc1cc(C(Nc2ccc(C(=N)NC(=O)OCC(Cl)(Cl)Cl)cc2)C(=O)NS(N)(=O)=O)cc2c(C)coc12. The van der Waals surface area contributed by atoms with Gasteiger partial charge in [0.1, 0.15) is 24.1 Å². The highest BCUT2D eigenvalue weighted by molar-refractivity contribution is 7.87. The number of fused-ring (bicyclic) bond motifs is 1. The van der Waals surface area contributed by atoms with Crippen molar-refractivity contribution in [3.63, 3.8) is 0 Å². The van der Waals surface area contributed by atoms with Gasteiger partial charge in [0.05, 0.1) is 6.26 Å². The van der Waals surface area contributed by atoms with E-state index in [1.54, 1.807) is 18.4 Å². The molecule has 38 heavy (non-hydrogen) atoms. The van der Waals surface area contributed by atoms with Crippen molar-refractivity contribution in [2.75, 3.05) is 11.9 Å². The molecule has 1 aromatic heterocycles. The molecule has 0 bridgehead atoms. The van der Waals surface area contributed by atoms with Crippen LogP contribution in [0.15, 0.2) is 47.1 Å². The summed E-state index contributed by atoms with van der Waals surface area (Å²) in [5.41, 5.74) is 3.56. The topological polar surface area (TPSA) is 177 Å². The van der Waals surface area contributed by atoms with E-state index in [0.717, 1.165) is 16.5 Å². The lowest BCUT2D eigenvalue weighted by atomic mass is 9.98. The molecule has 0 aliphatic carbocycles. The van der Waals surface area contributed by atoms with Crippen LogP contribution in [0.1, 0.15) is 35.2 Å². The third kappa shape index (κ3) is 7.98. The molecular formula is C23H24Cl3N5O6S. The van der Waals surface area contributed by atoms with Gasteiger partial charge in [-0.3, -0.25) is 15.5 Å². The lowest BCUT2D eigenvalue weighted by molar-refractivity contribution is -0.120. The van der Waals surface area contributed by atoms with Gasteiger partial charge in [-0.2, -0.15) is 8.42 Å². The van der Waals surface area contributed by atoms with Gasteiger partial charge in [0.15, 0.2) is 0 Å². The summed E-state index contributed by atoms with van der Waals surface area (Å²) in [6.07, 6.45) is 1.23. The molecule has 0 radical (unpaired) electrons. The van der Waals surface area contributed by atoms with Crippen LogP contribution in [0.5, 0.6) is 0 Å². The number of furan rings is 1. The molecule has 3 aromatic rings. The molecule has 0 aliphatic heterocycles. The van der Waals surface area contributed by atoms with Crippen molar-refractivity contribution < 1.29 is 27.2 Å². The van der Waals surface area contributed by atoms with Gasteiger partial charge in [-0.15, -0.1) is 0 Å². The van der Waals surface area contributed by atoms with Crippen molar-refractivity contribution in [2.45, 2.75) is 30.1 Å². The summed E-state index contributed by atoms with van der Waals surface area (Å²) in [5.74, 6) is -1.19. The normalized spacial score (nSPS) is 12.6.